The molecule has 106 valence electrons. The fourth-order valence-electron chi connectivity index (χ4n) is 1.95. The van der Waals surface area contributed by atoms with Crippen molar-refractivity contribution in [3.8, 4) is 6.07 Å². The number of hydrogen-bond donors (Lipinski definition) is 2. The van der Waals surface area contributed by atoms with Gasteiger partial charge in [0.1, 0.15) is 0 Å². The maximum absolute atomic E-state index is 11.8. The number of hydrogen-bond acceptors (Lipinski definition) is 3. The van der Waals surface area contributed by atoms with Crippen molar-refractivity contribution in [3.05, 3.63) is 65.2 Å². The van der Waals surface area contributed by atoms with Crippen molar-refractivity contribution in [1.82, 2.24) is 5.32 Å². The van der Waals surface area contributed by atoms with E-state index in [1.165, 1.54) is 11.1 Å². The van der Waals surface area contributed by atoms with E-state index in [9.17, 15) is 4.79 Å². The molecule has 0 saturated heterocycles. The Labute approximate surface area is 124 Å². The summed E-state index contributed by atoms with van der Waals surface area (Å²) in [5.74, 6) is -0.103. The van der Waals surface area contributed by atoms with Gasteiger partial charge in [-0.25, -0.2) is 0 Å². The third-order valence-electron chi connectivity index (χ3n) is 3.16. The SMILES string of the molecule is Cc1ccccc1CNCC(=O)Nc1ccc(C#N)cc1. The second-order valence-corrected chi connectivity index (χ2v) is 4.77. The van der Waals surface area contributed by atoms with Crippen LogP contribution in [0.4, 0.5) is 5.69 Å². The van der Waals surface area contributed by atoms with Crippen LogP contribution in [0, 0.1) is 18.3 Å². The van der Waals surface area contributed by atoms with Crippen molar-refractivity contribution in [2.24, 2.45) is 0 Å². The van der Waals surface area contributed by atoms with Crippen LogP contribution < -0.4 is 10.6 Å². The van der Waals surface area contributed by atoms with Gasteiger partial charge in [-0.3, -0.25) is 4.79 Å². The van der Waals surface area contributed by atoms with Crippen LogP contribution >= 0.6 is 0 Å². The Balaban J connectivity index is 1.80. The monoisotopic (exact) mass is 279 g/mol. The van der Waals surface area contributed by atoms with Gasteiger partial charge >= 0.3 is 0 Å². The van der Waals surface area contributed by atoms with Gasteiger partial charge in [-0.05, 0) is 42.3 Å². The van der Waals surface area contributed by atoms with Gasteiger partial charge in [0.15, 0.2) is 0 Å². The number of rotatable bonds is 5. The summed E-state index contributed by atoms with van der Waals surface area (Å²) in [7, 11) is 0. The molecular formula is C17H17N3O. The molecule has 0 aliphatic carbocycles. The molecule has 0 saturated carbocycles. The highest BCUT2D eigenvalue weighted by Crippen LogP contribution is 2.08. The van der Waals surface area contributed by atoms with Gasteiger partial charge in [0.2, 0.25) is 5.91 Å². The van der Waals surface area contributed by atoms with E-state index < -0.39 is 0 Å². The van der Waals surface area contributed by atoms with E-state index in [2.05, 4.69) is 10.6 Å². The Morgan fingerprint density at radius 1 is 1.14 bits per heavy atom. The highest BCUT2D eigenvalue weighted by atomic mass is 16.1. The van der Waals surface area contributed by atoms with Gasteiger partial charge in [-0.2, -0.15) is 5.26 Å². The molecule has 0 aliphatic rings. The smallest absolute Gasteiger partial charge is 0.238 e. The molecule has 0 radical (unpaired) electrons. The van der Waals surface area contributed by atoms with Crippen molar-refractivity contribution in [3.63, 3.8) is 0 Å². The van der Waals surface area contributed by atoms with E-state index in [0.717, 1.165) is 0 Å². The number of nitrogens with zero attached hydrogens (tertiary/aromatic N) is 1. The Morgan fingerprint density at radius 3 is 2.52 bits per heavy atom. The number of nitrogens with one attached hydrogen (secondary N) is 2. The van der Waals surface area contributed by atoms with Gasteiger partial charge in [-0.15, -0.1) is 0 Å². The molecule has 0 atom stereocenters. The molecule has 21 heavy (non-hydrogen) atoms. The van der Waals surface area contributed by atoms with Crippen LogP contribution in [-0.2, 0) is 11.3 Å². The van der Waals surface area contributed by atoms with Crippen molar-refractivity contribution >= 4 is 11.6 Å². The molecule has 0 unspecified atom stereocenters. The normalized spacial score (nSPS) is 9.90. The largest absolute Gasteiger partial charge is 0.325 e. The van der Waals surface area contributed by atoms with E-state index in [4.69, 9.17) is 5.26 Å². The number of amides is 1. The lowest BCUT2D eigenvalue weighted by atomic mass is 10.1. The summed E-state index contributed by atoms with van der Waals surface area (Å²) in [6.45, 7) is 2.95. The third kappa shape index (κ3) is 4.44. The summed E-state index contributed by atoms with van der Waals surface area (Å²) in [4.78, 5) is 11.8. The lowest BCUT2D eigenvalue weighted by Gasteiger charge is -2.08. The van der Waals surface area contributed by atoms with Gasteiger partial charge in [0, 0.05) is 12.2 Å². The van der Waals surface area contributed by atoms with Crippen LogP contribution in [-0.4, -0.2) is 12.5 Å². The van der Waals surface area contributed by atoms with E-state index in [0.29, 0.717) is 17.8 Å². The summed E-state index contributed by atoms with van der Waals surface area (Å²) in [6.07, 6.45) is 0. The van der Waals surface area contributed by atoms with Crippen LogP contribution in [0.15, 0.2) is 48.5 Å². The van der Waals surface area contributed by atoms with Crippen LogP contribution in [0.5, 0.6) is 0 Å². The van der Waals surface area contributed by atoms with Crippen LogP contribution in [0.25, 0.3) is 0 Å². The quantitative estimate of drug-likeness (QED) is 0.884. The molecule has 2 aromatic carbocycles. The predicted molar refractivity (Wildman–Crippen MR) is 82.7 cm³/mol. The van der Waals surface area contributed by atoms with Crippen LogP contribution in [0.2, 0.25) is 0 Å². The summed E-state index contributed by atoms with van der Waals surface area (Å²) in [6, 6.07) is 16.9. The molecule has 0 heterocycles. The average Bonchev–Trinajstić information content (AvgIpc) is 2.50. The molecule has 0 spiro atoms. The fourth-order valence-corrected chi connectivity index (χ4v) is 1.95. The van der Waals surface area contributed by atoms with E-state index in [-0.39, 0.29) is 12.5 Å². The third-order valence-corrected chi connectivity index (χ3v) is 3.16. The summed E-state index contributed by atoms with van der Waals surface area (Å²) in [5, 5.41) is 14.6. The van der Waals surface area contributed by atoms with Gasteiger partial charge in [0.05, 0.1) is 18.2 Å². The minimum absolute atomic E-state index is 0.103. The first kappa shape index (κ1) is 14.8. The van der Waals surface area contributed by atoms with Crippen molar-refractivity contribution < 1.29 is 4.79 Å². The number of nitriles is 1. The van der Waals surface area contributed by atoms with E-state index in [1.54, 1.807) is 24.3 Å². The summed E-state index contributed by atoms with van der Waals surface area (Å²) in [5.41, 5.74) is 3.66. The lowest BCUT2D eigenvalue weighted by molar-refractivity contribution is -0.115. The van der Waals surface area contributed by atoms with Gasteiger partial charge in [-0.1, -0.05) is 24.3 Å². The number of aryl methyl sites for hydroxylation is 1. The first-order valence-corrected chi connectivity index (χ1v) is 6.74. The molecule has 2 aromatic rings. The fraction of sp³-hybridized carbons (Fsp3) is 0.176. The molecule has 2 rings (SSSR count). The Morgan fingerprint density at radius 2 is 1.86 bits per heavy atom. The minimum atomic E-state index is -0.103. The Kier molecular flexibility index (Phi) is 5.08. The molecule has 2 N–H and O–H groups in total. The van der Waals surface area contributed by atoms with Crippen molar-refractivity contribution in [2.75, 3.05) is 11.9 Å². The standard InChI is InChI=1S/C17H17N3O/c1-13-4-2-3-5-15(13)11-19-12-17(21)20-16-8-6-14(10-18)7-9-16/h2-9,19H,11-12H2,1H3,(H,20,21). The second-order valence-electron chi connectivity index (χ2n) is 4.77. The minimum Gasteiger partial charge on any atom is -0.325 e. The predicted octanol–water partition coefficient (Wildman–Crippen LogP) is 2.60. The molecule has 4 heteroatoms. The molecule has 0 aliphatic heterocycles. The van der Waals surface area contributed by atoms with Crippen LogP contribution in [0.3, 0.4) is 0 Å². The molecule has 0 fully saturated rings. The zero-order chi connectivity index (χ0) is 15.1. The maximum atomic E-state index is 11.8. The second kappa shape index (κ2) is 7.22. The molecule has 0 bridgehead atoms. The van der Waals surface area contributed by atoms with E-state index >= 15 is 0 Å². The molecule has 0 aromatic heterocycles. The molecule has 4 nitrogen and oxygen atoms in total. The van der Waals surface area contributed by atoms with E-state index in [1.807, 2.05) is 37.3 Å². The number of carbonyl (C=O) groups is 1. The van der Waals surface area contributed by atoms with Crippen molar-refractivity contribution in [2.45, 2.75) is 13.5 Å². The first-order chi connectivity index (χ1) is 10.2. The number of anilines is 1. The summed E-state index contributed by atoms with van der Waals surface area (Å²) < 4.78 is 0. The lowest BCUT2D eigenvalue weighted by Crippen LogP contribution is -2.27. The number of carbonyl (C=O) groups excluding carboxylic acids is 1. The number of benzene rings is 2. The highest BCUT2D eigenvalue weighted by molar-refractivity contribution is 5.92. The van der Waals surface area contributed by atoms with Gasteiger partial charge < -0.3 is 10.6 Å². The molecule has 1 amide bonds. The average molecular weight is 279 g/mol. The topological polar surface area (TPSA) is 64.9 Å². The first-order valence-electron chi connectivity index (χ1n) is 6.74. The Bertz CT molecular complexity index is 656. The Hall–Kier alpha value is -2.64. The highest BCUT2D eigenvalue weighted by Gasteiger charge is 2.03. The summed E-state index contributed by atoms with van der Waals surface area (Å²) >= 11 is 0. The zero-order valence-corrected chi connectivity index (χ0v) is 11.9. The van der Waals surface area contributed by atoms with Crippen molar-refractivity contribution in [1.29, 1.82) is 5.26 Å². The molecular weight excluding hydrogens is 262 g/mol. The van der Waals surface area contributed by atoms with Gasteiger partial charge in [0.25, 0.3) is 0 Å². The zero-order valence-electron chi connectivity index (χ0n) is 11.9. The maximum Gasteiger partial charge on any atom is 0.238 e. The van der Waals surface area contributed by atoms with Crippen LogP contribution in [0.1, 0.15) is 16.7 Å².